The summed E-state index contributed by atoms with van der Waals surface area (Å²) in [6, 6.07) is 25.3. The third kappa shape index (κ3) is 2.44. The number of para-hydroxylation sites is 1. The molecule has 3 heteroatoms. The van der Waals surface area contributed by atoms with E-state index in [0.29, 0.717) is 0 Å². The van der Waals surface area contributed by atoms with Crippen molar-refractivity contribution in [3.63, 3.8) is 0 Å². The fraction of sp³-hybridized carbons (Fsp3) is 0.130. The van der Waals surface area contributed by atoms with Crippen LogP contribution in [0.1, 0.15) is 11.5 Å². The predicted molar refractivity (Wildman–Crippen MR) is 107 cm³/mol. The first-order valence-corrected chi connectivity index (χ1v) is 8.97. The normalized spacial score (nSPS) is 11.6. The van der Waals surface area contributed by atoms with Gasteiger partial charge < -0.3 is 4.57 Å². The van der Waals surface area contributed by atoms with Gasteiger partial charge in [-0.05, 0) is 30.0 Å². The van der Waals surface area contributed by atoms with Gasteiger partial charge in [0.2, 0.25) is 0 Å². The summed E-state index contributed by atoms with van der Waals surface area (Å²) in [5.41, 5.74) is 4.44. The molecule has 5 aromatic rings. The molecular weight excluding hydrogens is 318 g/mol. The number of benzene rings is 3. The maximum atomic E-state index is 4.95. The molecule has 0 aliphatic heterocycles. The van der Waals surface area contributed by atoms with Gasteiger partial charge in [0.25, 0.3) is 0 Å². The fourth-order valence-electron chi connectivity index (χ4n) is 3.69. The van der Waals surface area contributed by atoms with Gasteiger partial charge in [-0.2, -0.15) is 0 Å². The van der Waals surface area contributed by atoms with Crippen LogP contribution in [0.4, 0.5) is 0 Å². The van der Waals surface area contributed by atoms with Gasteiger partial charge >= 0.3 is 0 Å². The van der Waals surface area contributed by atoms with Gasteiger partial charge in [-0.25, -0.2) is 4.98 Å². The summed E-state index contributed by atoms with van der Waals surface area (Å²) >= 11 is 0. The average Bonchev–Trinajstić information content (AvgIpc) is 3.02. The Morgan fingerprint density at radius 3 is 2.42 bits per heavy atom. The van der Waals surface area contributed by atoms with E-state index in [1.165, 1.54) is 21.7 Å². The zero-order chi connectivity index (χ0) is 17.5. The van der Waals surface area contributed by atoms with Crippen molar-refractivity contribution < 1.29 is 0 Å². The summed E-state index contributed by atoms with van der Waals surface area (Å²) in [5, 5.41) is 3.64. The summed E-state index contributed by atoms with van der Waals surface area (Å²) in [7, 11) is 2.10. The second-order valence-electron chi connectivity index (χ2n) is 6.74. The number of pyridine rings is 1. The maximum Gasteiger partial charge on any atom is 0.110 e. The SMILES string of the molecule is Cn1c(CCc2ccc3ccccc3n2)nc2c3ccccc3ccc21. The first kappa shape index (κ1) is 15.1. The van der Waals surface area contributed by atoms with Crippen LogP contribution in [0.3, 0.4) is 0 Å². The minimum Gasteiger partial charge on any atom is -0.331 e. The Labute approximate surface area is 151 Å². The minimum atomic E-state index is 0.880. The van der Waals surface area contributed by atoms with Crippen LogP contribution in [0.5, 0.6) is 0 Å². The van der Waals surface area contributed by atoms with Crippen LogP contribution in [0.2, 0.25) is 0 Å². The van der Waals surface area contributed by atoms with Gasteiger partial charge in [0.1, 0.15) is 5.82 Å². The number of aryl methyl sites for hydroxylation is 3. The monoisotopic (exact) mass is 337 g/mol. The molecule has 0 atom stereocenters. The van der Waals surface area contributed by atoms with Crippen LogP contribution in [0.15, 0.2) is 72.8 Å². The Kier molecular flexibility index (Phi) is 3.45. The molecule has 0 bridgehead atoms. The Morgan fingerprint density at radius 1 is 0.731 bits per heavy atom. The molecule has 3 nitrogen and oxygen atoms in total. The first-order chi connectivity index (χ1) is 12.8. The number of fused-ring (bicyclic) bond motifs is 4. The molecule has 5 rings (SSSR count). The smallest absolute Gasteiger partial charge is 0.110 e. The Bertz CT molecular complexity index is 1250. The molecule has 0 unspecified atom stereocenters. The molecule has 2 heterocycles. The molecule has 0 saturated heterocycles. The molecule has 0 spiro atoms. The van der Waals surface area contributed by atoms with Crippen molar-refractivity contribution in [1.82, 2.24) is 14.5 Å². The molecule has 0 aliphatic rings. The van der Waals surface area contributed by atoms with Crippen LogP contribution in [-0.4, -0.2) is 14.5 Å². The molecule has 126 valence electrons. The summed E-state index contributed by atoms with van der Waals surface area (Å²) in [6.07, 6.45) is 1.77. The van der Waals surface area contributed by atoms with Crippen molar-refractivity contribution in [3.8, 4) is 0 Å². The number of hydrogen-bond acceptors (Lipinski definition) is 2. The van der Waals surface area contributed by atoms with E-state index >= 15 is 0 Å². The highest BCUT2D eigenvalue weighted by atomic mass is 15.1. The van der Waals surface area contributed by atoms with Crippen LogP contribution < -0.4 is 0 Å². The highest BCUT2D eigenvalue weighted by Crippen LogP contribution is 2.25. The molecule has 26 heavy (non-hydrogen) atoms. The predicted octanol–water partition coefficient (Wildman–Crippen LogP) is 5.06. The number of nitrogens with zero attached hydrogens (tertiary/aromatic N) is 3. The second-order valence-corrected chi connectivity index (χ2v) is 6.74. The van der Waals surface area contributed by atoms with E-state index in [0.717, 1.165) is 35.4 Å². The van der Waals surface area contributed by atoms with Crippen LogP contribution in [0.25, 0.3) is 32.7 Å². The lowest BCUT2D eigenvalue weighted by molar-refractivity contribution is 0.778. The zero-order valence-corrected chi connectivity index (χ0v) is 14.7. The van der Waals surface area contributed by atoms with Crippen molar-refractivity contribution in [1.29, 1.82) is 0 Å². The van der Waals surface area contributed by atoms with Gasteiger partial charge in [0.15, 0.2) is 0 Å². The molecule has 0 N–H and O–H groups in total. The molecule has 0 radical (unpaired) electrons. The van der Waals surface area contributed by atoms with Gasteiger partial charge in [0, 0.05) is 29.9 Å². The van der Waals surface area contributed by atoms with E-state index in [9.17, 15) is 0 Å². The molecule has 0 saturated carbocycles. The van der Waals surface area contributed by atoms with Gasteiger partial charge in [0.05, 0.1) is 16.6 Å². The quantitative estimate of drug-likeness (QED) is 0.461. The van der Waals surface area contributed by atoms with Gasteiger partial charge in [-0.15, -0.1) is 0 Å². The number of imidazole rings is 1. The fourth-order valence-corrected chi connectivity index (χ4v) is 3.69. The van der Waals surface area contributed by atoms with Crippen LogP contribution >= 0.6 is 0 Å². The van der Waals surface area contributed by atoms with Crippen molar-refractivity contribution in [2.24, 2.45) is 7.05 Å². The van der Waals surface area contributed by atoms with E-state index in [1.807, 2.05) is 12.1 Å². The summed E-state index contributed by atoms with van der Waals surface area (Å²) in [4.78, 5) is 9.74. The van der Waals surface area contributed by atoms with Crippen molar-refractivity contribution in [3.05, 3.63) is 84.3 Å². The molecule has 3 aromatic carbocycles. The topological polar surface area (TPSA) is 30.7 Å². The molecular formula is C23H19N3. The average molecular weight is 337 g/mol. The van der Waals surface area contributed by atoms with Crippen LogP contribution in [-0.2, 0) is 19.9 Å². The summed E-state index contributed by atoms with van der Waals surface area (Å²) in [5.74, 6) is 1.10. The summed E-state index contributed by atoms with van der Waals surface area (Å²) < 4.78 is 2.21. The lowest BCUT2D eigenvalue weighted by atomic mass is 10.1. The third-order valence-corrected chi connectivity index (χ3v) is 5.13. The van der Waals surface area contributed by atoms with Crippen molar-refractivity contribution in [2.45, 2.75) is 12.8 Å². The highest BCUT2D eigenvalue weighted by Gasteiger charge is 2.11. The highest BCUT2D eigenvalue weighted by molar-refractivity contribution is 6.04. The molecule has 0 aliphatic carbocycles. The van der Waals surface area contributed by atoms with E-state index in [-0.39, 0.29) is 0 Å². The van der Waals surface area contributed by atoms with E-state index in [4.69, 9.17) is 9.97 Å². The second kappa shape index (κ2) is 5.95. The van der Waals surface area contributed by atoms with E-state index in [2.05, 4.69) is 72.3 Å². The Balaban J connectivity index is 1.50. The van der Waals surface area contributed by atoms with E-state index < -0.39 is 0 Å². The largest absolute Gasteiger partial charge is 0.331 e. The van der Waals surface area contributed by atoms with Gasteiger partial charge in [-0.3, -0.25) is 4.98 Å². The number of rotatable bonds is 3. The number of hydrogen-bond donors (Lipinski definition) is 0. The van der Waals surface area contributed by atoms with Gasteiger partial charge in [-0.1, -0.05) is 54.6 Å². The zero-order valence-electron chi connectivity index (χ0n) is 14.7. The lowest BCUT2D eigenvalue weighted by Gasteiger charge is -2.04. The Hall–Kier alpha value is -3.20. The molecule has 0 amide bonds. The standard InChI is InChI=1S/C23H19N3/c1-26-21-14-11-16-6-2-4-8-19(16)23(21)25-22(26)15-13-18-12-10-17-7-3-5-9-20(17)24-18/h2-12,14H,13,15H2,1H3. The first-order valence-electron chi connectivity index (χ1n) is 8.97. The summed E-state index contributed by atoms with van der Waals surface area (Å²) in [6.45, 7) is 0. The third-order valence-electron chi connectivity index (χ3n) is 5.13. The lowest BCUT2D eigenvalue weighted by Crippen LogP contribution is -2.01. The van der Waals surface area contributed by atoms with Crippen LogP contribution in [0, 0.1) is 0 Å². The van der Waals surface area contributed by atoms with Crippen molar-refractivity contribution >= 4 is 32.7 Å². The number of aromatic nitrogens is 3. The van der Waals surface area contributed by atoms with Crippen molar-refractivity contribution in [2.75, 3.05) is 0 Å². The van der Waals surface area contributed by atoms with E-state index in [1.54, 1.807) is 0 Å². The Morgan fingerprint density at radius 2 is 1.50 bits per heavy atom. The maximum absolute atomic E-state index is 4.95. The molecule has 2 aromatic heterocycles. The molecule has 0 fully saturated rings. The minimum absolute atomic E-state index is 0.880.